The van der Waals surface area contributed by atoms with Gasteiger partial charge in [-0.1, -0.05) is 41.4 Å². The summed E-state index contributed by atoms with van der Waals surface area (Å²) < 4.78 is 17.0. The van der Waals surface area contributed by atoms with E-state index >= 15 is 0 Å². The highest BCUT2D eigenvalue weighted by molar-refractivity contribution is 8.18. The highest BCUT2D eigenvalue weighted by Crippen LogP contribution is 2.40. The third-order valence-electron chi connectivity index (χ3n) is 5.46. The lowest BCUT2D eigenvalue weighted by atomic mass is 10.1. The number of hydrogen-bond acceptors (Lipinski definition) is 6. The molecular weight excluding hydrogens is 531 g/mol. The number of methoxy groups -OCH3 is 1. The second-order valence-corrected chi connectivity index (χ2v) is 9.72. The molecule has 0 aromatic heterocycles. The molecule has 0 bridgehead atoms. The van der Waals surface area contributed by atoms with Crippen LogP contribution in [0.2, 0.25) is 10.0 Å². The maximum Gasteiger partial charge on any atom is 0.266 e. The number of thioether (sulfide) groups is 1. The summed E-state index contributed by atoms with van der Waals surface area (Å²) in [4.78, 5) is 20.0. The SMILES string of the molecule is CCOc1cc(/C=C2/SC(=Nc3ccc(OC)cc3)N(CC)C2=O)cc(Cl)c1OCc1ccccc1Cl. The van der Waals surface area contributed by atoms with E-state index in [1.54, 1.807) is 24.2 Å². The van der Waals surface area contributed by atoms with Gasteiger partial charge in [0.2, 0.25) is 0 Å². The molecule has 37 heavy (non-hydrogen) atoms. The summed E-state index contributed by atoms with van der Waals surface area (Å²) in [6, 6.07) is 18.4. The van der Waals surface area contributed by atoms with Crippen LogP contribution in [0.3, 0.4) is 0 Å². The van der Waals surface area contributed by atoms with Crippen molar-refractivity contribution >= 4 is 57.8 Å². The standard InChI is InChI=1S/C28H26Cl2N2O4S/c1-4-32-27(33)25(37-28(32)31-20-10-12-21(34-3)13-11-20)16-18-14-23(30)26(24(15-18)35-5-2)36-17-19-8-6-7-9-22(19)29/h6-16H,4-5,17H2,1-3H3/b25-16+,31-28?. The van der Waals surface area contributed by atoms with Crippen LogP contribution in [0.1, 0.15) is 25.0 Å². The molecule has 1 heterocycles. The van der Waals surface area contributed by atoms with Crippen molar-refractivity contribution in [1.82, 2.24) is 4.90 Å². The second-order valence-electron chi connectivity index (χ2n) is 7.90. The zero-order valence-corrected chi connectivity index (χ0v) is 23.0. The molecule has 1 saturated heterocycles. The van der Waals surface area contributed by atoms with Gasteiger partial charge >= 0.3 is 0 Å². The fourth-order valence-corrected chi connectivity index (χ4v) is 5.15. The number of amides is 1. The molecule has 192 valence electrons. The van der Waals surface area contributed by atoms with Crippen LogP contribution < -0.4 is 14.2 Å². The summed E-state index contributed by atoms with van der Waals surface area (Å²) in [5.41, 5.74) is 2.29. The Morgan fingerprint density at radius 3 is 2.43 bits per heavy atom. The average Bonchev–Trinajstić information content (AvgIpc) is 3.18. The van der Waals surface area contributed by atoms with E-state index in [0.717, 1.165) is 22.6 Å². The van der Waals surface area contributed by atoms with Crippen molar-refractivity contribution in [3.05, 3.63) is 86.7 Å². The molecular formula is C28H26Cl2N2O4S. The minimum atomic E-state index is -0.118. The van der Waals surface area contributed by atoms with Gasteiger partial charge in [-0.05, 0) is 79.7 Å². The lowest BCUT2D eigenvalue weighted by Gasteiger charge is -2.15. The Kier molecular flexibility index (Phi) is 9.03. The number of halogens is 2. The van der Waals surface area contributed by atoms with Gasteiger partial charge in [-0.2, -0.15) is 0 Å². The smallest absolute Gasteiger partial charge is 0.266 e. The molecule has 1 amide bonds. The number of rotatable bonds is 9. The largest absolute Gasteiger partial charge is 0.497 e. The monoisotopic (exact) mass is 556 g/mol. The number of nitrogens with zero attached hydrogens (tertiary/aromatic N) is 2. The number of ether oxygens (including phenoxy) is 3. The summed E-state index contributed by atoms with van der Waals surface area (Å²) in [6.07, 6.45) is 1.79. The first kappa shape index (κ1) is 26.9. The zero-order valence-electron chi connectivity index (χ0n) is 20.7. The lowest BCUT2D eigenvalue weighted by Crippen LogP contribution is -2.28. The Hall–Kier alpha value is -3.13. The van der Waals surface area contributed by atoms with Gasteiger partial charge in [-0.15, -0.1) is 0 Å². The van der Waals surface area contributed by atoms with Crippen molar-refractivity contribution in [2.24, 2.45) is 4.99 Å². The summed E-state index contributed by atoms with van der Waals surface area (Å²) in [5.74, 6) is 1.54. The number of carbonyl (C=O) groups excluding carboxylic acids is 1. The Balaban J connectivity index is 1.60. The molecule has 0 aliphatic carbocycles. The van der Waals surface area contributed by atoms with E-state index < -0.39 is 0 Å². The van der Waals surface area contributed by atoms with Crippen molar-refractivity contribution in [2.75, 3.05) is 20.3 Å². The average molecular weight is 557 g/mol. The fourth-order valence-electron chi connectivity index (χ4n) is 3.63. The zero-order chi connectivity index (χ0) is 26.4. The van der Waals surface area contributed by atoms with Crippen LogP contribution in [0.5, 0.6) is 17.2 Å². The van der Waals surface area contributed by atoms with Crippen molar-refractivity contribution in [1.29, 1.82) is 0 Å². The van der Waals surface area contributed by atoms with E-state index in [1.807, 2.05) is 68.4 Å². The maximum absolute atomic E-state index is 13.1. The van der Waals surface area contributed by atoms with Gasteiger partial charge in [0.05, 0.1) is 29.3 Å². The normalized spacial score (nSPS) is 15.5. The summed E-state index contributed by atoms with van der Waals surface area (Å²) >= 11 is 14.2. The number of hydrogen-bond donors (Lipinski definition) is 0. The minimum Gasteiger partial charge on any atom is -0.497 e. The third-order valence-corrected chi connectivity index (χ3v) is 7.12. The maximum atomic E-state index is 13.1. The van der Waals surface area contributed by atoms with Crippen molar-refractivity contribution in [3.8, 4) is 17.2 Å². The summed E-state index contributed by atoms with van der Waals surface area (Å²) in [5, 5.41) is 1.60. The fraction of sp³-hybridized carbons (Fsp3) is 0.214. The van der Waals surface area contributed by atoms with Gasteiger partial charge in [0.25, 0.3) is 5.91 Å². The van der Waals surface area contributed by atoms with E-state index in [1.165, 1.54) is 11.8 Å². The summed E-state index contributed by atoms with van der Waals surface area (Å²) in [7, 11) is 1.61. The molecule has 0 saturated carbocycles. The first-order chi connectivity index (χ1) is 17.9. The molecule has 3 aromatic rings. The van der Waals surface area contributed by atoms with Gasteiger partial charge in [0.15, 0.2) is 16.7 Å². The molecule has 0 atom stereocenters. The molecule has 1 aliphatic heterocycles. The molecule has 1 fully saturated rings. The van der Waals surface area contributed by atoms with E-state index in [4.69, 9.17) is 37.4 Å². The van der Waals surface area contributed by atoms with E-state index in [2.05, 4.69) is 4.99 Å². The highest BCUT2D eigenvalue weighted by Gasteiger charge is 2.32. The molecule has 0 unspecified atom stereocenters. The molecule has 1 aliphatic rings. The highest BCUT2D eigenvalue weighted by atomic mass is 35.5. The number of benzene rings is 3. The van der Waals surface area contributed by atoms with E-state index in [9.17, 15) is 4.79 Å². The van der Waals surface area contributed by atoms with Crippen molar-refractivity contribution in [3.63, 3.8) is 0 Å². The predicted molar refractivity (Wildman–Crippen MR) is 151 cm³/mol. The number of amidine groups is 1. The molecule has 0 N–H and O–H groups in total. The molecule has 9 heteroatoms. The van der Waals surface area contributed by atoms with Gasteiger partial charge in [0, 0.05) is 17.1 Å². The van der Waals surface area contributed by atoms with E-state index in [-0.39, 0.29) is 12.5 Å². The van der Waals surface area contributed by atoms with Crippen LogP contribution in [0.4, 0.5) is 5.69 Å². The number of likely N-dealkylation sites (N-methyl/N-ethyl adjacent to an activating group) is 1. The van der Waals surface area contributed by atoms with Crippen LogP contribution in [0.15, 0.2) is 70.6 Å². The number of carbonyl (C=O) groups is 1. The second kappa shape index (κ2) is 12.4. The Morgan fingerprint density at radius 2 is 1.76 bits per heavy atom. The third kappa shape index (κ3) is 6.42. The van der Waals surface area contributed by atoms with Crippen molar-refractivity contribution in [2.45, 2.75) is 20.5 Å². The van der Waals surface area contributed by atoms with Gasteiger partial charge < -0.3 is 14.2 Å². The Morgan fingerprint density at radius 1 is 1.00 bits per heavy atom. The predicted octanol–water partition coefficient (Wildman–Crippen LogP) is 7.60. The van der Waals surface area contributed by atoms with Gasteiger partial charge in [-0.25, -0.2) is 4.99 Å². The molecule has 4 rings (SSSR count). The van der Waals surface area contributed by atoms with Gasteiger partial charge in [-0.3, -0.25) is 9.69 Å². The van der Waals surface area contributed by atoms with Crippen LogP contribution in [0.25, 0.3) is 6.08 Å². The van der Waals surface area contributed by atoms with Crippen molar-refractivity contribution < 1.29 is 19.0 Å². The van der Waals surface area contributed by atoms with Crippen LogP contribution in [0, 0.1) is 0 Å². The summed E-state index contributed by atoms with van der Waals surface area (Å²) in [6.45, 7) is 4.96. The first-order valence-corrected chi connectivity index (χ1v) is 13.3. The van der Waals surface area contributed by atoms with E-state index in [0.29, 0.717) is 44.8 Å². The topological polar surface area (TPSA) is 60.4 Å². The number of aliphatic imine (C=N–C) groups is 1. The van der Waals surface area contributed by atoms with Crippen LogP contribution in [-0.4, -0.2) is 36.2 Å². The van der Waals surface area contributed by atoms with Gasteiger partial charge in [0.1, 0.15) is 12.4 Å². The van der Waals surface area contributed by atoms with Crippen LogP contribution >= 0.6 is 35.0 Å². The lowest BCUT2D eigenvalue weighted by molar-refractivity contribution is -0.122. The molecule has 0 radical (unpaired) electrons. The molecule has 6 nitrogen and oxygen atoms in total. The Bertz CT molecular complexity index is 1340. The van der Waals surface area contributed by atoms with Crippen LogP contribution in [-0.2, 0) is 11.4 Å². The molecule has 0 spiro atoms. The first-order valence-electron chi connectivity index (χ1n) is 11.7. The Labute approximate surface area is 230 Å². The quantitative estimate of drug-likeness (QED) is 0.254. The minimum absolute atomic E-state index is 0.118. The molecule has 3 aromatic carbocycles.